The van der Waals surface area contributed by atoms with Gasteiger partial charge in [0.1, 0.15) is 17.9 Å². The van der Waals surface area contributed by atoms with Gasteiger partial charge in [0.25, 0.3) is 0 Å². The van der Waals surface area contributed by atoms with Gasteiger partial charge >= 0.3 is 0 Å². The fourth-order valence-corrected chi connectivity index (χ4v) is 2.95. The van der Waals surface area contributed by atoms with Gasteiger partial charge in [-0.1, -0.05) is 11.6 Å². The van der Waals surface area contributed by atoms with Crippen molar-refractivity contribution in [3.05, 3.63) is 23.1 Å². The van der Waals surface area contributed by atoms with Gasteiger partial charge in [-0.2, -0.15) is 0 Å². The molecule has 2 aromatic heterocycles. The summed E-state index contributed by atoms with van der Waals surface area (Å²) in [7, 11) is 1.69. The minimum atomic E-state index is 0.494. The Bertz CT molecular complexity index is 592. The summed E-state index contributed by atoms with van der Waals surface area (Å²) in [5, 5.41) is 4.07. The van der Waals surface area contributed by atoms with Crippen molar-refractivity contribution in [3.63, 3.8) is 0 Å². The molecule has 0 saturated carbocycles. The molecule has 2 aromatic rings. The number of piperidine rings is 1. The second-order valence-corrected chi connectivity index (χ2v) is 5.72. The molecule has 0 amide bonds. The minimum Gasteiger partial charge on any atom is -0.377 e. The van der Waals surface area contributed by atoms with Crippen molar-refractivity contribution >= 4 is 22.8 Å². The van der Waals surface area contributed by atoms with Gasteiger partial charge < -0.3 is 14.6 Å². The molecule has 1 aliphatic rings. The van der Waals surface area contributed by atoms with E-state index in [1.54, 1.807) is 13.3 Å². The van der Waals surface area contributed by atoms with E-state index in [0.29, 0.717) is 17.5 Å². The number of rotatable bonds is 4. The first kappa shape index (κ1) is 13.8. The molecule has 0 radical (unpaired) electrons. The van der Waals surface area contributed by atoms with Crippen molar-refractivity contribution in [2.75, 3.05) is 20.2 Å². The molecule has 0 spiro atoms. The Labute approximate surface area is 123 Å². The highest BCUT2D eigenvalue weighted by Gasteiger charge is 2.18. The lowest BCUT2D eigenvalue weighted by molar-refractivity contribution is 0.172. The van der Waals surface area contributed by atoms with Gasteiger partial charge in [0, 0.05) is 19.9 Å². The van der Waals surface area contributed by atoms with E-state index < -0.39 is 0 Å². The van der Waals surface area contributed by atoms with Gasteiger partial charge in [-0.25, -0.2) is 9.97 Å². The Morgan fingerprint density at radius 1 is 1.55 bits per heavy atom. The summed E-state index contributed by atoms with van der Waals surface area (Å²) >= 11 is 6.00. The number of pyridine rings is 1. The topological polar surface area (TPSA) is 52.0 Å². The molecule has 1 saturated heterocycles. The number of fused-ring (bicyclic) bond motifs is 1. The zero-order valence-corrected chi connectivity index (χ0v) is 12.4. The number of nitrogens with one attached hydrogen (secondary N) is 1. The smallest absolute Gasteiger partial charge is 0.160 e. The monoisotopic (exact) mass is 294 g/mol. The Hall–Kier alpha value is -1.17. The van der Waals surface area contributed by atoms with Crippen molar-refractivity contribution in [2.24, 2.45) is 5.92 Å². The summed E-state index contributed by atoms with van der Waals surface area (Å²) in [6.45, 7) is 3.60. The molecule has 0 bridgehead atoms. The standard InChI is InChI=1S/C14H19ClN4O/c1-20-9-13-18-12-5-11(15)7-17-14(12)19(13)8-10-3-2-4-16-6-10/h5,7,10,16H,2-4,6,8-9H2,1H3. The van der Waals surface area contributed by atoms with Crippen LogP contribution in [0.5, 0.6) is 0 Å². The number of methoxy groups -OCH3 is 1. The first-order valence-corrected chi connectivity index (χ1v) is 7.36. The third kappa shape index (κ3) is 2.80. The Morgan fingerprint density at radius 2 is 2.45 bits per heavy atom. The molecule has 0 aliphatic carbocycles. The van der Waals surface area contributed by atoms with Crippen LogP contribution in [0.1, 0.15) is 18.7 Å². The molecule has 3 rings (SSSR count). The van der Waals surface area contributed by atoms with Crippen LogP contribution in [0.25, 0.3) is 11.2 Å². The van der Waals surface area contributed by atoms with Crippen molar-refractivity contribution in [1.82, 2.24) is 19.9 Å². The number of nitrogens with zero attached hydrogens (tertiary/aromatic N) is 3. The highest BCUT2D eigenvalue weighted by atomic mass is 35.5. The number of hydrogen-bond acceptors (Lipinski definition) is 4. The average Bonchev–Trinajstić information content (AvgIpc) is 2.77. The molecule has 5 nitrogen and oxygen atoms in total. The Balaban J connectivity index is 1.95. The van der Waals surface area contributed by atoms with E-state index in [4.69, 9.17) is 16.3 Å². The molecule has 1 unspecified atom stereocenters. The van der Waals surface area contributed by atoms with E-state index in [-0.39, 0.29) is 0 Å². The predicted molar refractivity (Wildman–Crippen MR) is 78.8 cm³/mol. The highest BCUT2D eigenvalue weighted by molar-refractivity contribution is 6.31. The van der Waals surface area contributed by atoms with Gasteiger partial charge in [0.15, 0.2) is 5.65 Å². The molecular weight excluding hydrogens is 276 g/mol. The first-order valence-electron chi connectivity index (χ1n) is 6.98. The maximum absolute atomic E-state index is 6.00. The third-order valence-electron chi connectivity index (χ3n) is 3.74. The molecule has 108 valence electrons. The number of halogens is 1. The van der Waals surface area contributed by atoms with Crippen LogP contribution in [0, 0.1) is 5.92 Å². The molecule has 1 atom stereocenters. The van der Waals surface area contributed by atoms with Crippen LogP contribution in [-0.2, 0) is 17.9 Å². The van der Waals surface area contributed by atoms with Crippen LogP contribution in [-0.4, -0.2) is 34.7 Å². The fraction of sp³-hybridized carbons (Fsp3) is 0.571. The third-order valence-corrected chi connectivity index (χ3v) is 3.95. The lowest BCUT2D eigenvalue weighted by Gasteiger charge is -2.23. The van der Waals surface area contributed by atoms with Crippen LogP contribution in [0.15, 0.2) is 12.3 Å². The van der Waals surface area contributed by atoms with Gasteiger partial charge in [-0.15, -0.1) is 0 Å². The summed E-state index contributed by atoms with van der Waals surface area (Å²) < 4.78 is 7.43. The Kier molecular flexibility index (Phi) is 4.19. The second-order valence-electron chi connectivity index (χ2n) is 5.28. The van der Waals surface area contributed by atoms with Crippen molar-refractivity contribution in [1.29, 1.82) is 0 Å². The van der Waals surface area contributed by atoms with Gasteiger partial charge in [-0.05, 0) is 37.9 Å². The van der Waals surface area contributed by atoms with E-state index in [1.807, 2.05) is 6.07 Å². The molecule has 0 aromatic carbocycles. The van der Waals surface area contributed by atoms with Gasteiger partial charge in [0.05, 0.1) is 5.02 Å². The van der Waals surface area contributed by atoms with E-state index >= 15 is 0 Å². The summed E-state index contributed by atoms with van der Waals surface area (Å²) in [5.41, 5.74) is 1.74. The maximum atomic E-state index is 6.00. The lowest BCUT2D eigenvalue weighted by atomic mass is 10.00. The molecule has 6 heteroatoms. The van der Waals surface area contributed by atoms with E-state index in [1.165, 1.54) is 12.8 Å². The highest BCUT2D eigenvalue weighted by Crippen LogP contribution is 2.21. The maximum Gasteiger partial charge on any atom is 0.160 e. The molecule has 20 heavy (non-hydrogen) atoms. The number of aromatic nitrogens is 3. The lowest BCUT2D eigenvalue weighted by Crippen LogP contribution is -2.32. The molecule has 3 heterocycles. The van der Waals surface area contributed by atoms with Crippen molar-refractivity contribution < 1.29 is 4.74 Å². The molecule has 1 N–H and O–H groups in total. The van der Waals surface area contributed by atoms with Crippen LogP contribution < -0.4 is 5.32 Å². The quantitative estimate of drug-likeness (QED) is 0.939. The fourth-order valence-electron chi connectivity index (χ4n) is 2.80. The van der Waals surface area contributed by atoms with Crippen LogP contribution in [0.3, 0.4) is 0 Å². The summed E-state index contributed by atoms with van der Waals surface area (Å²) in [4.78, 5) is 9.04. The van der Waals surface area contributed by atoms with Crippen molar-refractivity contribution in [2.45, 2.75) is 26.0 Å². The zero-order chi connectivity index (χ0) is 13.9. The van der Waals surface area contributed by atoms with E-state index in [2.05, 4.69) is 19.9 Å². The number of imidazole rings is 1. The summed E-state index contributed by atoms with van der Waals surface area (Å²) in [6, 6.07) is 1.86. The van der Waals surface area contributed by atoms with Gasteiger partial charge in [-0.3, -0.25) is 0 Å². The second kappa shape index (κ2) is 6.08. The van der Waals surface area contributed by atoms with Gasteiger partial charge in [0.2, 0.25) is 0 Å². The first-order chi connectivity index (χ1) is 9.78. The Morgan fingerprint density at radius 3 is 3.20 bits per heavy atom. The summed E-state index contributed by atoms with van der Waals surface area (Å²) in [6.07, 6.45) is 4.15. The van der Waals surface area contributed by atoms with Crippen molar-refractivity contribution in [3.8, 4) is 0 Å². The van der Waals surface area contributed by atoms with Crippen LogP contribution in [0.2, 0.25) is 5.02 Å². The van der Waals surface area contributed by atoms with E-state index in [9.17, 15) is 0 Å². The predicted octanol–water partition coefficient (Wildman–Crippen LogP) is 2.23. The number of hydrogen-bond donors (Lipinski definition) is 1. The normalized spacial score (nSPS) is 19.6. The van der Waals surface area contributed by atoms with Crippen LogP contribution in [0.4, 0.5) is 0 Å². The molecule has 1 fully saturated rings. The van der Waals surface area contributed by atoms with E-state index in [0.717, 1.165) is 36.6 Å². The SMILES string of the molecule is COCc1nc2cc(Cl)cnc2n1CC1CCCNC1. The summed E-state index contributed by atoms with van der Waals surface area (Å²) in [5.74, 6) is 1.54. The zero-order valence-electron chi connectivity index (χ0n) is 11.6. The minimum absolute atomic E-state index is 0.494. The average molecular weight is 295 g/mol. The molecular formula is C14H19ClN4O. The molecule has 1 aliphatic heterocycles. The number of ether oxygens (including phenoxy) is 1. The largest absolute Gasteiger partial charge is 0.377 e. The van der Waals surface area contributed by atoms with Crippen LogP contribution >= 0.6 is 11.6 Å².